The summed E-state index contributed by atoms with van der Waals surface area (Å²) in [7, 11) is 1.78. The second-order valence-corrected chi connectivity index (χ2v) is 6.04. The van der Waals surface area contributed by atoms with Crippen LogP contribution < -0.4 is 4.74 Å². The summed E-state index contributed by atoms with van der Waals surface area (Å²) in [6.07, 6.45) is 5.04. The Kier molecular flexibility index (Phi) is 5.59. The predicted octanol–water partition coefficient (Wildman–Crippen LogP) is 3.89. The largest absolute Gasteiger partial charge is 0.473 e. The van der Waals surface area contributed by atoms with E-state index in [-0.39, 0.29) is 11.9 Å². The van der Waals surface area contributed by atoms with Gasteiger partial charge in [-0.3, -0.25) is 9.78 Å². The molecule has 2 heterocycles. The van der Waals surface area contributed by atoms with Gasteiger partial charge in [0.15, 0.2) is 0 Å². The summed E-state index contributed by atoms with van der Waals surface area (Å²) in [5.41, 5.74) is 2.58. The number of carbonyl (C=O) groups is 1. The van der Waals surface area contributed by atoms with Gasteiger partial charge in [0, 0.05) is 31.7 Å². The summed E-state index contributed by atoms with van der Waals surface area (Å²) >= 11 is 0. The Labute approximate surface area is 153 Å². The van der Waals surface area contributed by atoms with Crippen molar-refractivity contribution in [2.24, 2.45) is 0 Å². The minimum atomic E-state index is -0.0940. The van der Waals surface area contributed by atoms with Crippen molar-refractivity contribution in [1.29, 1.82) is 0 Å². The van der Waals surface area contributed by atoms with Crippen molar-refractivity contribution in [2.45, 2.75) is 19.6 Å². The van der Waals surface area contributed by atoms with Gasteiger partial charge in [-0.2, -0.15) is 0 Å². The lowest BCUT2D eigenvalue weighted by Gasteiger charge is -2.25. The molecule has 0 spiro atoms. The van der Waals surface area contributed by atoms with Crippen molar-refractivity contribution in [3.05, 3.63) is 89.9 Å². The lowest BCUT2D eigenvalue weighted by atomic mass is 10.1. The maximum absolute atomic E-state index is 12.7. The van der Waals surface area contributed by atoms with Crippen LogP contribution >= 0.6 is 0 Å². The van der Waals surface area contributed by atoms with Gasteiger partial charge >= 0.3 is 0 Å². The molecule has 0 radical (unpaired) electrons. The zero-order valence-electron chi connectivity index (χ0n) is 14.9. The van der Waals surface area contributed by atoms with Gasteiger partial charge < -0.3 is 9.64 Å². The van der Waals surface area contributed by atoms with Crippen LogP contribution in [0.2, 0.25) is 0 Å². The number of aromatic nitrogens is 2. The number of carbonyl (C=O) groups excluding carboxylic acids is 1. The van der Waals surface area contributed by atoms with Gasteiger partial charge in [-0.1, -0.05) is 36.4 Å². The van der Waals surface area contributed by atoms with Crippen molar-refractivity contribution >= 4 is 5.91 Å². The van der Waals surface area contributed by atoms with Crippen molar-refractivity contribution in [3.63, 3.8) is 0 Å². The number of pyridine rings is 2. The fourth-order valence-corrected chi connectivity index (χ4v) is 2.55. The van der Waals surface area contributed by atoms with Crippen LogP contribution in [0.3, 0.4) is 0 Å². The van der Waals surface area contributed by atoms with Gasteiger partial charge in [-0.05, 0) is 30.2 Å². The number of amides is 1. The van der Waals surface area contributed by atoms with E-state index in [0.717, 1.165) is 11.1 Å². The van der Waals surface area contributed by atoms with Crippen LogP contribution in [0, 0.1) is 0 Å². The van der Waals surface area contributed by atoms with E-state index in [2.05, 4.69) is 9.97 Å². The quantitative estimate of drug-likeness (QED) is 0.679. The highest BCUT2D eigenvalue weighted by molar-refractivity contribution is 5.94. The van der Waals surface area contributed by atoms with E-state index in [9.17, 15) is 4.79 Å². The van der Waals surface area contributed by atoms with Crippen LogP contribution in [-0.4, -0.2) is 27.8 Å². The summed E-state index contributed by atoms with van der Waals surface area (Å²) in [5.74, 6) is 0.400. The van der Waals surface area contributed by atoms with Gasteiger partial charge in [0.05, 0.1) is 11.6 Å². The SMILES string of the molecule is C[C@H](c1cccnc1)N(C)C(=O)c1ccc(OCc2ccccc2)nc1. The molecule has 2 aromatic heterocycles. The smallest absolute Gasteiger partial charge is 0.255 e. The van der Waals surface area contributed by atoms with E-state index in [1.165, 1.54) is 0 Å². The van der Waals surface area contributed by atoms with Gasteiger partial charge in [-0.15, -0.1) is 0 Å². The van der Waals surface area contributed by atoms with Crippen molar-refractivity contribution in [3.8, 4) is 5.88 Å². The zero-order valence-corrected chi connectivity index (χ0v) is 14.9. The highest BCUT2D eigenvalue weighted by Gasteiger charge is 2.19. The molecule has 0 aliphatic carbocycles. The molecule has 3 rings (SSSR count). The third kappa shape index (κ3) is 4.25. The maximum Gasteiger partial charge on any atom is 0.255 e. The van der Waals surface area contributed by atoms with Crippen LogP contribution in [0.1, 0.15) is 34.5 Å². The third-order valence-electron chi connectivity index (χ3n) is 4.28. The van der Waals surface area contributed by atoms with Gasteiger partial charge in [0.1, 0.15) is 6.61 Å². The number of rotatable bonds is 6. The molecule has 0 aliphatic heterocycles. The molecule has 5 nitrogen and oxygen atoms in total. The maximum atomic E-state index is 12.7. The van der Waals surface area contributed by atoms with Crippen molar-refractivity contribution in [1.82, 2.24) is 14.9 Å². The first-order valence-corrected chi connectivity index (χ1v) is 8.45. The Morgan fingerprint density at radius 1 is 1.08 bits per heavy atom. The fourth-order valence-electron chi connectivity index (χ4n) is 2.55. The molecule has 132 valence electrons. The van der Waals surface area contributed by atoms with Crippen LogP contribution in [0.4, 0.5) is 0 Å². The topological polar surface area (TPSA) is 55.3 Å². The molecule has 1 atom stereocenters. The van der Waals surface area contributed by atoms with Gasteiger partial charge in [-0.25, -0.2) is 4.98 Å². The molecule has 0 aliphatic rings. The molecule has 0 saturated carbocycles. The van der Waals surface area contributed by atoms with Crippen LogP contribution in [0.5, 0.6) is 5.88 Å². The normalized spacial score (nSPS) is 11.6. The summed E-state index contributed by atoms with van der Waals surface area (Å²) in [4.78, 5) is 22.7. The van der Waals surface area contributed by atoms with E-state index >= 15 is 0 Å². The van der Waals surface area contributed by atoms with Gasteiger partial charge in [0.25, 0.3) is 5.91 Å². The summed E-state index contributed by atoms with van der Waals surface area (Å²) < 4.78 is 5.66. The first kappa shape index (κ1) is 17.6. The molecule has 26 heavy (non-hydrogen) atoms. The standard InChI is InChI=1S/C21H21N3O2/c1-16(18-9-6-12-22-13-18)24(2)21(25)19-10-11-20(23-14-19)26-15-17-7-4-3-5-8-17/h3-14,16H,15H2,1-2H3/t16-/m1/s1. The minimum Gasteiger partial charge on any atom is -0.473 e. The molecular formula is C21H21N3O2. The number of nitrogens with zero attached hydrogens (tertiary/aromatic N) is 3. The first-order valence-electron chi connectivity index (χ1n) is 8.45. The predicted molar refractivity (Wildman–Crippen MR) is 99.8 cm³/mol. The van der Waals surface area contributed by atoms with Crippen LogP contribution in [-0.2, 0) is 6.61 Å². The molecule has 5 heteroatoms. The minimum absolute atomic E-state index is 0.0785. The van der Waals surface area contributed by atoms with Crippen LogP contribution in [0.25, 0.3) is 0 Å². The molecule has 1 aromatic carbocycles. The molecule has 0 fully saturated rings. The Morgan fingerprint density at radius 2 is 1.88 bits per heavy atom. The van der Waals surface area contributed by atoms with E-state index in [1.54, 1.807) is 42.7 Å². The molecule has 0 bridgehead atoms. The number of hydrogen-bond donors (Lipinski definition) is 0. The number of ether oxygens (including phenoxy) is 1. The molecule has 3 aromatic rings. The van der Waals surface area contributed by atoms with Crippen molar-refractivity contribution in [2.75, 3.05) is 7.05 Å². The van der Waals surface area contributed by atoms with E-state index in [4.69, 9.17) is 4.74 Å². The van der Waals surface area contributed by atoms with E-state index in [0.29, 0.717) is 18.1 Å². The lowest BCUT2D eigenvalue weighted by Crippen LogP contribution is -2.29. The molecular weight excluding hydrogens is 326 g/mol. The monoisotopic (exact) mass is 347 g/mol. The lowest BCUT2D eigenvalue weighted by molar-refractivity contribution is 0.0742. The zero-order chi connectivity index (χ0) is 18.4. The summed E-state index contributed by atoms with van der Waals surface area (Å²) in [5, 5.41) is 0. The summed E-state index contributed by atoms with van der Waals surface area (Å²) in [6, 6.07) is 17.1. The molecule has 0 saturated heterocycles. The average Bonchev–Trinajstić information content (AvgIpc) is 2.72. The van der Waals surface area contributed by atoms with E-state index in [1.807, 2.05) is 49.4 Å². The van der Waals surface area contributed by atoms with E-state index < -0.39 is 0 Å². The molecule has 0 N–H and O–H groups in total. The summed E-state index contributed by atoms with van der Waals surface area (Å²) in [6.45, 7) is 2.42. The molecule has 1 amide bonds. The Morgan fingerprint density at radius 3 is 2.54 bits per heavy atom. The number of benzene rings is 1. The second kappa shape index (κ2) is 8.25. The van der Waals surface area contributed by atoms with Gasteiger partial charge in [0.2, 0.25) is 5.88 Å². The van der Waals surface area contributed by atoms with Crippen molar-refractivity contribution < 1.29 is 9.53 Å². The fraction of sp³-hybridized carbons (Fsp3) is 0.190. The second-order valence-electron chi connectivity index (χ2n) is 6.04. The Hall–Kier alpha value is -3.21. The highest BCUT2D eigenvalue weighted by atomic mass is 16.5. The van der Waals surface area contributed by atoms with Crippen LogP contribution in [0.15, 0.2) is 73.2 Å². The number of hydrogen-bond acceptors (Lipinski definition) is 4. The Bertz CT molecular complexity index is 836. The highest BCUT2D eigenvalue weighted by Crippen LogP contribution is 2.20. The third-order valence-corrected chi connectivity index (χ3v) is 4.28. The Balaban J connectivity index is 1.63. The molecule has 0 unspecified atom stereocenters. The average molecular weight is 347 g/mol. The first-order chi connectivity index (χ1) is 12.6.